The van der Waals surface area contributed by atoms with E-state index in [-0.39, 0.29) is 6.04 Å². The molecule has 0 atom stereocenters. The molecule has 0 aliphatic carbocycles. The zero-order valence-corrected chi connectivity index (χ0v) is 26.6. The summed E-state index contributed by atoms with van der Waals surface area (Å²) in [5.41, 5.74) is 8.32. The van der Waals surface area contributed by atoms with E-state index >= 15 is 0 Å². The SMILES string of the molecule is COc1cccc(CN(c2ccc(OCCOCCN3CCOCC3)cc2)C(c2ccc3nc[nH]c3c2)c2ccc3nc[nH]c3c2)c1. The van der Waals surface area contributed by atoms with E-state index in [4.69, 9.17) is 18.9 Å². The quantitative estimate of drug-likeness (QED) is 0.142. The van der Waals surface area contributed by atoms with Crippen molar-refractivity contribution in [3.63, 3.8) is 0 Å². The molecule has 1 saturated heterocycles. The first-order valence-corrected chi connectivity index (χ1v) is 16.1. The fourth-order valence-electron chi connectivity index (χ4n) is 6.17. The summed E-state index contributed by atoms with van der Waals surface area (Å²) in [6, 6.07) is 29.3. The largest absolute Gasteiger partial charge is 0.497 e. The highest BCUT2D eigenvalue weighted by Crippen LogP contribution is 2.37. The average molecular weight is 633 g/mol. The van der Waals surface area contributed by atoms with Gasteiger partial charge in [-0.1, -0.05) is 24.3 Å². The second-order valence-electron chi connectivity index (χ2n) is 11.6. The Balaban J connectivity index is 1.15. The molecule has 7 rings (SSSR count). The van der Waals surface area contributed by atoms with E-state index in [2.05, 4.69) is 90.4 Å². The summed E-state index contributed by atoms with van der Waals surface area (Å²) in [5.74, 6) is 1.63. The highest BCUT2D eigenvalue weighted by molar-refractivity contribution is 5.78. The first-order valence-electron chi connectivity index (χ1n) is 16.1. The zero-order chi connectivity index (χ0) is 31.8. The number of benzene rings is 4. The topological polar surface area (TPSA) is 101 Å². The Hall–Kier alpha value is -4.90. The van der Waals surface area contributed by atoms with Gasteiger partial charge >= 0.3 is 0 Å². The number of anilines is 1. The van der Waals surface area contributed by atoms with Crippen molar-refractivity contribution < 1.29 is 18.9 Å². The summed E-state index contributed by atoms with van der Waals surface area (Å²) >= 11 is 0. The van der Waals surface area contributed by atoms with Crippen molar-refractivity contribution >= 4 is 27.8 Å². The Morgan fingerprint density at radius 1 is 0.787 bits per heavy atom. The third-order valence-electron chi connectivity index (χ3n) is 8.64. The number of ether oxygens (including phenoxy) is 4. The molecule has 0 saturated carbocycles. The predicted octanol–water partition coefficient (Wildman–Crippen LogP) is 5.97. The van der Waals surface area contributed by atoms with E-state index in [1.54, 1.807) is 19.8 Å². The van der Waals surface area contributed by atoms with Gasteiger partial charge in [0.2, 0.25) is 0 Å². The minimum atomic E-state index is -0.131. The molecule has 4 aromatic carbocycles. The molecule has 3 heterocycles. The summed E-state index contributed by atoms with van der Waals surface area (Å²) in [6.07, 6.45) is 3.48. The molecule has 6 aromatic rings. The van der Waals surface area contributed by atoms with E-state index in [1.165, 1.54) is 0 Å². The van der Waals surface area contributed by atoms with Crippen LogP contribution in [0.15, 0.2) is 97.6 Å². The Morgan fingerprint density at radius 3 is 2.17 bits per heavy atom. The van der Waals surface area contributed by atoms with Gasteiger partial charge in [0.1, 0.15) is 18.1 Å². The third-order valence-corrected chi connectivity index (χ3v) is 8.64. The summed E-state index contributed by atoms with van der Waals surface area (Å²) in [4.78, 5) is 20.3. The summed E-state index contributed by atoms with van der Waals surface area (Å²) < 4.78 is 22.9. The fraction of sp³-hybridized carbons (Fsp3) is 0.297. The smallest absolute Gasteiger partial charge is 0.119 e. The first kappa shape index (κ1) is 30.7. The number of methoxy groups -OCH3 is 1. The number of H-pyrrole nitrogens is 2. The maximum atomic E-state index is 6.07. The van der Waals surface area contributed by atoms with Gasteiger partial charge < -0.3 is 33.8 Å². The molecule has 0 bridgehead atoms. The zero-order valence-electron chi connectivity index (χ0n) is 26.6. The van der Waals surface area contributed by atoms with Gasteiger partial charge in [-0.25, -0.2) is 9.97 Å². The molecule has 242 valence electrons. The number of hydrogen-bond acceptors (Lipinski definition) is 8. The van der Waals surface area contributed by atoms with Crippen LogP contribution in [0, 0.1) is 0 Å². The number of hydrogen-bond donors (Lipinski definition) is 2. The van der Waals surface area contributed by atoms with Gasteiger partial charge in [-0.3, -0.25) is 4.90 Å². The molecular formula is C37H40N6O4. The molecule has 0 radical (unpaired) electrons. The van der Waals surface area contributed by atoms with Crippen molar-refractivity contribution in [3.8, 4) is 11.5 Å². The average Bonchev–Trinajstić information content (AvgIpc) is 3.80. The van der Waals surface area contributed by atoms with Crippen molar-refractivity contribution in [2.75, 3.05) is 64.7 Å². The van der Waals surface area contributed by atoms with Crippen LogP contribution in [0.1, 0.15) is 22.7 Å². The van der Waals surface area contributed by atoms with Crippen LogP contribution in [0.2, 0.25) is 0 Å². The number of imidazole rings is 2. The Labute approximate surface area is 274 Å². The van der Waals surface area contributed by atoms with Crippen LogP contribution in [0.5, 0.6) is 11.5 Å². The van der Waals surface area contributed by atoms with Crippen LogP contribution in [0.25, 0.3) is 22.1 Å². The van der Waals surface area contributed by atoms with E-state index in [9.17, 15) is 0 Å². The summed E-state index contributed by atoms with van der Waals surface area (Å²) in [7, 11) is 1.70. The van der Waals surface area contributed by atoms with E-state index in [0.717, 1.165) is 88.8 Å². The standard InChI is InChI=1S/C37H40N6O4/c1-44-32-4-2-3-27(21-32)24-43(30-7-9-31(10-8-30)47-20-19-46-18-15-42-13-16-45-17-14-42)37(28-5-11-33-35(22-28)40-25-38-33)29-6-12-34-36(23-29)41-26-39-34/h2-12,21-23,25-26,37H,13-20,24H2,1H3,(H,38,40)(H,39,41). The van der Waals surface area contributed by atoms with Crippen LogP contribution in [0.4, 0.5) is 5.69 Å². The number of nitrogens with zero attached hydrogens (tertiary/aromatic N) is 4. The molecule has 0 amide bonds. The van der Waals surface area contributed by atoms with Crippen LogP contribution in [-0.2, 0) is 16.0 Å². The Kier molecular flexibility index (Phi) is 9.60. The van der Waals surface area contributed by atoms with Crippen LogP contribution in [0.3, 0.4) is 0 Å². The lowest BCUT2D eigenvalue weighted by Gasteiger charge is -2.35. The normalized spacial score (nSPS) is 13.8. The van der Waals surface area contributed by atoms with Crippen LogP contribution in [-0.4, -0.2) is 84.6 Å². The first-order chi connectivity index (χ1) is 23.2. The summed E-state index contributed by atoms with van der Waals surface area (Å²) in [6.45, 7) is 6.83. The minimum Gasteiger partial charge on any atom is -0.497 e. The molecule has 1 aliphatic heterocycles. The number of fused-ring (bicyclic) bond motifs is 2. The molecule has 1 aliphatic rings. The monoisotopic (exact) mass is 632 g/mol. The molecule has 0 unspecified atom stereocenters. The second kappa shape index (κ2) is 14.7. The second-order valence-corrected chi connectivity index (χ2v) is 11.6. The number of morpholine rings is 1. The number of aromatic nitrogens is 4. The van der Waals surface area contributed by atoms with Crippen LogP contribution < -0.4 is 14.4 Å². The fourth-order valence-corrected chi connectivity index (χ4v) is 6.17. The maximum Gasteiger partial charge on any atom is 0.119 e. The van der Waals surface area contributed by atoms with E-state index in [0.29, 0.717) is 26.4 Å². The maximum absolute atomic E-state index is 6.07. The van der Waals surface area contributed by atoms with Crippen molar-refractivity contribution in [2.24, 2.45) is 0 Å². The van der Waals surface area contributed by atoms with Crippen LogP contribution >= 0.6 is 0 Å². The minimum absolute atomic E-state index is 0.131. The van der Waals surface area contributed by atoms with E-state index in [1.807, 2.05) is 24.3 Å². The van der Waals surface area contributed by atoms with Gasteiger partial charge in [-0.2, -0.15) is 0 Å². The van der Waals surface area contributed by atoms with Gasteiger partial charge in [0, 0.05) is 31.9 Å². The number of rotatable bonds is 14. The van der Waals surface area contributed by atoms with Gasteiger partial charge in [0.05, 0.1) is 74.3 Å². The molecule has 47 heavy (non-hydrogen) atoms. The third kappa shape index (κ3) is 7.41. The lowest BCUT2D eigenvalue weighted by Crippen LogP contribution is -2.38. The van der Waals surface area contributed by atoms with E-state index < -0.39 is 0 Å². The highest BCUT2D eigenvalue weighted by Gasteiger charge is 2.25. The number of aromatic amines is 2. The lowest BCUT2D eigenvalue weighted by molar-refractivity contribution is 0.0170. The van der Waals surface area contributed by atoms with Crippen molar-refractivity contribution in [2.45, 2.75) is 12.6 Å². The molecule has 10 nitrogen and oxygen atoms in total. The van der Waals surface area contributed by atoms with Gasteiger partial charge in [-0.05, 0) is 77.4 Å². The van der Waals surface area contributed by atoms with Gasteiger partial charge in [0.25, 0.3) is 0 Å². The van der Waals surface area contributed by atoms with Crippen molar-refractivity contribution in [1.29, 1.82) is 0 Å². The molecular weight excluding hydrogens is 592 g/mol. The molecule has 1 fully saturated rings. The molecule has 2 N–H and O–H groups in total. The molecule has 10 heteroatoms. The predicted molar refractivity (Wildman–Crippen MR) is 183 cm³/mol. The summed E-state index contributed by atoms with van der Waals surface area (Å²) in [5, 5.41) is 0. The number of nitrogens with one attached hydrogen (secondary N) is 2. The highest BCUT2D eigenvalue weighted by atomic mass is 16.5. The lowest BCUT2D eigenvalue weighted by atomic mass is 9.94. The van der Waals surface area contributed by atoms with Crippen molar-refractivity contribution in [1.82, 2.24) is 24.8 Å². The Morgan fingerprint density at radius 2 is 1.49 bits per heavy atom. The Bertz CT molecular complexity index is 1810. The van der Waals surface area contributed by atoms with Gasteiger partial charge in [-0.15, -0.1) is 0 Å². The molecule has 0 spiro atoms. The van der Waals surface area contributed by atoms with Crippen molar-refractivity contribution in [3.05, 3.63) is 114 Å². The molecule has 2 aromatic heterocycles. The van der Waals surface area contributed by atoms with Gasteiger partial charge in [0.15, 0.2) is 0 Å².